The third-order valence-electron chi connectivity index (χ3n) is 7.03. The van der Waals surface area contributed by atoms with E-state index in [4.69, 9.17) is 9.47 Å². The van der Waals surface area contributed by atoms with Crippen LogP contribution in [0.2, 0.25) is 0 Å². The fourth-order valence-electron chi connectivity index (χ4n) is 5.43. The first-order valence-electron chi connectivity index (χ1n) is 12.9. The van der Waals surface area contributed by atoms with Crippen molar-refractivity contribution in [3.05, 3.63) is 0 Å². The molecule has 0 spiro atoms. The fourth-order valence-corrected chi connectivity index (χ4v) is 5.43. The van der Waals surface area contributed by atoms with E-state index < -0.39 is 0 Å². The van der Waals surface area contributed by atoms with Crippen LogP contribution < -0.4 is 0 Å². The first-order valence-corrected chi connectivity index (χ1v) is 12.9. The first kappa shape index (κ1) is 25.2. The maximum absolute atomic E-state index is 12.9. The van der Waals surface area contributed by atoms with Gasteiger partial charge in [-0.3, -0.25) is 9.59 Å². The van der Waals surface area contributed by atoms with E-state index in [0.29, 0.717) is 18.4 Å². The average molecular weight is 423 g/mol. The summed E-state index contributed by atoms with van der Waals surface area (Å²) in [6.45, 7) is 7.20. The van der Waals surface area contributed by atoms with Gasteiger partial charge < -0.3 is 9.47 Å². The summed E-state index contributed by atoms with van der Waals surface area (Å²) in [6.07, 6.45) is 16.5. The highest BCUT2D eigenvalue weighted by atomic mass is 16.5. The molecule has 0 aromatic rings. The largest absolute Gasteiger partial charge is 0.465 e. The Morgan fingerprint density at radius 1 is 0.733 bits per heavy atom. The predicted molar refractivity (Wildman–Crippen MR) is 121 cm³/mol. The van der Waals surface area contributed by atoms with Gasteiger partial charge in [0.2, 0.25) is 0 Å². The molecule has 2 rings (SSSR count). The third-order valence-corrected chi connectivity index (χ3v) is 7.03. The lowest BCUT2D eigenvalue weighted by atomic mass is 9.78. The second kappa shape index (κ2) is 14.1. The Bertz CT molecular complexity index is 493. The second-order valence-corrected chi connectivity index (χ2v) is 10.1. The molecule has 2 saturated carbocycles. The van der Waals surface area contributed by atoms with E-state index in [1.807, 2.05) is 0 Å². The Morgan fingerprint density at radius 3 is 1.87 bits per heavy atom. The molecule has 4 nitrogen and oxygen atoms in total. The van der Waals surface area contributed by atoms with E-state index in [2.05, 4.69) is 20.8 Å². The van der Waals surface area contributed by atoms with Crippen LogP contribution in [-0.4, -0.2) is 24.6 Å². The number of hydrogen-bond donors (Lipinski definition) is 0. The molecule has 4 unspecified atom stereocenters. The van der Waals surface area contributed by atoms with Crippen LogP contribution in [0.15, 0.2) is 0 Å². The Hall–Kier alpha value is -1.06. The molecule has 0 radical (unpaired) electrons. The van der Waals surface area contributed by atoms with Gasteiger partial charge in [-0.05, 0) is 50.4 Å². The van der Waals surface area contributed by atoms with Crippen molar-refractivity contribution in [2.45, 2.75) is 123 Å². The highest BCUT2D eigenvalue weighted by Crippen LogP contribution is 2.35. The molecule has 0 heterocycles. The van der Waals surface area contributed by atoms with Crippen molar-refractivity contribution in [1.82, 2.24) is 0 Å². The molecular formula is C26H46O4. The Kier molecular flexibility index (Phi) is 11.8. The topological polar surface area (TPSA) is 52.6 Å². The summed E-state index contributed by atoms with van der Waals surface area (Å²) in [4.78, 5) is 25.6. The zero-order valence-corrected chi connectivity index (χ0v) is 19.8. The van der Waals surface area contributed by atoms with Gasteiger partial charge in [0.1, 0.15) is 6.10 Å². The van der Waals surface area contributed by atoms with Crippen molar-refractivity contribution in [1.29, 1.82) is 0 Å². The van der Waals surface area contributed by atoms with Crippen molar-refractivity contribution in [3.63, 3.8) is 0 Å². The minimum atomic E-state index is -0.308. The fraction of sp³-hybridized carbons (Fsp3) is 0.923. The van der Waals surface area contributed by atoms with Crippen LogP contribution in [0.1, 0.15) is 117 Å². The van der Waals surface area contributed by atoms with E-state index in [9.17, 15) is 9.59 Å². The smallest absolute Gasteiger partial charge is 0.310 e. The van der Waals surface area contributed by atoms with E-state index >= 15 is 0 Å². The number of rotatable bonds is 12. The van der Waals surface area contributed by atoms with Gasteiger partial charge in [-0.25, -0.2) is 0 Å². The van der Waals surface area contributed by atoms with Gasteiger partial charge in [0.05, 0.1) is 18.4 Å². The van der Waals surface area contributed by atoms with Crippen LogP contribution in [-0.2, 0) is 19.1 Å². The van der Waals surface area contributed by atoms with Gasteiger partial charge in [0, 0.05) is 0 Å². The maximum atomic E-state index is 12.9. The SMILES string of the molecule is CCCCCCCCCCOC(=O)C1CCCCC1C(=O)OC1CC(C)CC(C)C1. The molecule has 2 fully saturated rings. The highest BCUT2D eigenvalue weighted by Gasteiger charge is 2.39. The van der Waals surface area contributed by atoms with Crippen molar-refractivity contribution < 1.29 is 19.1 Å². The molecule has 0 amide bonds. The summed E-state index contributed by atoms with van der Waals surface area (Å²) >= 11 is 0. The van der Waals surface area contributed by atoms with E-state index in [-0.39, 0.29) is 29.9 Å². The summed E-state index contributed by atoms with van der Waals surface area (Å²) in [5, 5.41) is 0. The van der Waals surface area contributed by atoms with E-state index in [1.165, 1.54) is 44.9 Å². The number of esters is 2. The van der Waals surface area contributed by atoms with Crippen LogP contribution in [0.5, 0.6) is 0 Å². The standard InChI is InChI=1S/C26H46O4/c1-4-5-6-7-8-9-10-13-16-29-25(27)23-14-11-12-15-24(23)26(28)30-22-18-20(2)17-21(3)19-22/h20-24H,4-19H2,1-3H3. The normalized spacial score (nSPS) is 29.4. The number of unbranched alkanes of at least 4 members (excludes halogenated alkanes) is 7. The lowest BCUT2D eigenvalue weighted by Crippen LogP contribution is -2.38. The van der Waals surface area contributed by atoms with Crippen molar-refractivity contribution in [3.8, 4) is 0 Å². The van der Waals surface area contributed by atoms with Crippen LogP contribution in [0.25, 0.3) is 0 Å². The molecule has 0 N–H and O–H groups in total. The van der Waals surface area contributed by atoms with Gasteiger partial charge in [-0.2, -0.15) is 0 Å². The Labute approximate surface area is 184 Å². The van der Waals surface area contributed by atoms with Gasteiger partial charge in [-0.15, -0.1) is 0 Å². The van der Waals surface area contributed by atoms with Gasteiger partial charge >= 0.3 is 11.9 Å². The zero-order valence-electron chi connectivity index (χ0n) is 19.8. The van der Waals surface area contributed by atoms with Crippen molar-refractivity contribution in [2.24, 2.45) is 23.7 Å². The van der Waals surface area contributed by atoms with Gasteiger partial charge in [-0.1, -0.05) is 78.6 Å². The quantitative estimate of drug-likeness (QED) is 0.255. The van der Waals surface area contributed by atoms with Crippen LogP contribution in [0.3, 0.4) is 0 Å². The monoisotopic (exact) mass is 422 g/mol. The summed E-state index contributed by atoms with van der Waals surface area (Å²) in [5.41, 5.74) is 0. The molecule has 4 atom stereocenters. The molecule has 4 heteroatoms. The summed E-state index contributed by atoms with van der Waals surface area (Å²) in [5.74, 6) is 0.256. The van der Waals surface area contributed by atoms with E-state index in [0.717, 1.165) is 51.4 Å². The lowest BCUT2D eigenvalue weighted by Gasteiger charge is -2.34. The molecular weight excluding hydrogens is 376 g/mol. The Morgan fingerprint density at radius 2 is 1.27 bits per heavy atom. The van der Waals surface area contributed by atoms with E-state index in [1.54, 1.807) is 0 Å². The number of hydrogen-bond acceptors (Lipinski definition) is 4. The first-order chi connectivity index (χ1) is 14.5. The van der Waals surface area contributed by atoms with Crippen molar-refractivity contribution in [2.75, 3.05) is 6.61 Å². The molecule has 2 aliphatic carbocycles. The Balaban J connectivity index is 1.69. The summed E-state index contributed by atoms with van der Waals surface area (Å²) in [6, 6.07) is 0. The second-order valence-electron chi connectivity index (χ2n) is 10.1. The molecule has 0 aliphatic heterocycles. The van der Waals surface area contributed by atoms with Crippen molar-refractivity contribution >= 4 is 11.9 Å². The maximum Gasteiger partial charge on any atom is 0.310 e. The van der Waals surface area contributed by atoms with Gasteiger partial charge in [0.25, 0.3) is 0 Å². The van der Waals surface area contributed by atoms with Gasteiger partial charge in [0.15, 0.2) is 0 Å². The predicted octanol–water partition coefficient (Wildman–Crippen LogP) is 6.84. The lowest BCUT2D eigenvalue weighted by molar-refractivity contribution is -0.168. The third kappa shape index (κ3) is 8.98. The van der Waals surface area contributed by atoms with Crippen LogP contribution in [0.4, 0.5) is 0 Å². The number of carbonyl (C=O) groups is 2. The summed E-state index contributed by atoms with van der Waals surface area (Å²) < 4.78 is 11.5. The minimum Gasteiger partial charge on any atom is -0.465 e. The molecule has 0 aromatic heterocycles. The molecule has 2 aliphatic rings. The molecule has 174 valence electrons. The highest BCUT2D eigenvalue weighted by molar-refractivity contribution is 5.82. The molecule has 0 aromatic carbocycles. The summed E-state index contributed by atoms with van der Waals surface area (Å²) in [7, 11) is 0. The molecule has 0 saturated heterocycles. The molecule has 0 bridgehead atoms. The number of carbonyl (C=O) groups excluding carboxylic acids is 2. The van der Waals surface area contributed by atoms with Crippen LogP contribution in [0, 0.1) is 23.7 Å². The molecule has 30 heavy (non-hydrogen) atoms. The zero-order chi connectivity index (χ0) is 21.8. The number of ether oxygens (including phenoxy) is 2. The average Bonchev–Trinajstić information content (AvgIpc) is 2.71. The minimum absolute atomic E-state index is 0.0205. The van der Waals surface area contributed by atoms with Crippen LogP contribution >= 0.6 is 0 Å².